The standard InChI is InChI=1S/C20H15N3O/c1-14-8-10-16(11-9-14)23-19(15-5-4-12-21-13-15)22-18-7-3-2-6-17(18)20(23)24/h2-13H,1H3. The van der Waals surface area contributed by atoms with E-state index in [1.54, 1.807) is 17.0 Å². The maximum absolute atomic E-state index is 13.1. The summed E-state index contributed by atoms with van der Waals surface area (Å²) in [5, 5.41) is 0.603. The molecule has 4 heteroatoms. The molecule has 4 aromatic rings. The second-order valence-electron chi connectivity index (χ2n) is 5.67. The SMILES string of the molecule is Cc1ccc(-n2c(-c3cccnc3)nc3ccccc3c2=O)cc1. The van der Waals surface area contributed by atoms with E-state index in [4.69, 9.17) is 4.98 Å². The first-order valence-electron chi connectivity index (χ1n) is 7.73. The molecule has 0 spiro atoms. The summed E-state index contributed by atoms with van der Waals surface area (Å²) < 4.78 is 1.65. The number of hydrogen-bond acceptors (Lipinski definition) is 3. The molecule has 2 heterocycles. The van der Waals surface area contributed by atoms with E-state index >= 15 is 0 Å². The van der Waals surface area contributed by atoms with Gasteiger partial charge >= 0.3 is 0 Å². The number of nitrogens with zero attached hydrogens (tertiary/aromatic N) is 3. The van der Waals surface area contributed by atoms with Gasteiger partial charge in [0.25, 0.3) is 5.56 Å². The van der Waals surface area contributed by atoms with Gasteiger partial charge in [-0.3, -0.25) is 14.3 Å². The summed E-state index contributed by atoms with van der Waals surface area (Å²) in [6.07, 6.45) is 3.43. The number of pyridine rings is 1. The monoisotopic (exact) mass is 313 g/mol. The second kappa shape index (κ2) is 5.74. The molecule has 0 radical (unpaired) electrons. The Bertz CT molecular complexity index is 1070. The highest BCUT2D eigenvalue weighted by molar-refractivity contribution is 5.80. The number of para-hydroxylation sites is 1. The molecule has 4 nitrogen and oxygen atoms in total. The lowest BCUT2D eigenvalue weighted by atomic mass is 10.1. The van der Waals surface area contributed by atoms with Gasteiger partial charge in [0.2, 0.25) is 0 Å². The second-order valence-corrected chi connectivity index (χ2v) is 5.67. The third kappa shape index (κ3) is 2.38. The summed E-state index contributed by atoms with van der Waals surface area (Å²) in [5.74, 6) is 0.593. The first-order valence-corrected chi connectivity index (χ1v) is 7.73. The molecule has 4 rings (SSSR count). The van der Waals surface area contributed by atoms with E-state index in [-0.39, 0.29) is 5.56 Å². The van der Waals surface area contributed by atoms with Crippen molar-refractivity contribution in [2.24, 2.45) is 0 Å². The quantitative estimate of drug-likeness (QED) is 0.566. The first-order chi connectivity index (χ1) is 11.7. The molecule has 24 heavy (non-hydrogen) atoms. The van der Waals surface area contributed by atoms with E-state index in [0.29, 0.717) is 16.7 Å². The van der Waals surface area contributed by atoms with Crippen molar-refractivity contribution in [3.8, 4) is 17.1 Å². The lowest BCUT2D eigenvalue weighted by Gasteiger charge is -2.13. The summed E-state index contributed by atoms with van der Waals surface area (Å²) in [6, 6.07) is 19.0. The minimum absolute atomic E-state index is 0.0803. The van der Waals surface area contributed by atoms with E-state index in [1.807, 2.05) is 67.6 Å². The topological polar surface area (TPSA) is 47.8 Å². The third-order valence-corrected chi connectivity index (χ3v) is 3.99. The van der Waals surface area contributed by atoms with Crippen LogP contribution in [0, 0.1) is 6.92 Å². The fraction of sp³-hybridized carbons (Fsp3) is 0.0500. The first kappa shape index (κ1) is 14.3. The van der Waals surface area contributed by atoms with E-state index in [2.05, 4.69) is 4.98 Å². The molecule has 0 amide bonds. The Labute approximate surface area is 139 Å². The van der Waals surface area contributed by atoms with Gasteiger partial charge < -0.3 is 0 Å². The Kier molecular flexibility index (Phi) is 3.43. The van der Waals surface area contributed by atoms with Crippen molar-refractivity contribution >= 4 is 10.9 Å². The largest absolute Gasteiger partial charge is 0.268 e. The molecule has 2 aromatic carbocycles. The van der Waals surface area contributed by atoms with Crippen molar-refractivity contribution in [1.29, 1.82) is 0 Å². The molecule has 116 valence electrons. The van der Waals surface area contributed by atoms with Gasteiger partial charge in [-0.2, -0.15) is 0 Å². The zero-order chi connectivity index (χ0) is 16.5. The Balaban J connectivity index is 2.11. The Morgan fingerprint density at radius 2 is 1.71 bits per heavy atom. The molecule has 0 aliphatic rings. The number of hydrogen-bond donors (Lipinski definition) is 0. The van der Waals surface area contributed by atoms with E-state index < -0.39 is 0 Å². The molecule has 0 aliphatic carbocycles. The zero-order valence-electron chi connectivity index (χ0n) is 13.2. The lowest BCUT2D eigenvalue weighted by molar-refractivity contribution is 0.972. The lowest BCUT2D eigenvalue weighted by Crippen LogP contribution is -2.22. The van der Waals surface area contributed by atoms with Crippen LogP contribution in [0.4, 0.5) is 0 Å². The molecule has 0 aliphatic heterocycles. The average molecular weight is 313 g/mol. The Hall–Kier alpha value is -3.27. The normalized spacial score (nSPS) is 10.9. The molecule has 0 unspecified atom stereocenters. The predicted molar refractivity (Wildman–Crippen MR) is 95.3 cm³/mol. The van der Waals surface area contributed by atoms with Gasteiger partial charge in [-0.05, 0) is 43.3 Å². The van der Waals surface area contributed by atoms with Crippen LogP contribution in [0.3, 0.4) is 0 Å². The van der Waals surface area contributed by atoms with Gasteiger partial charge in [0.15, 0.2) is 0 Å². The van der Waals surface area contributed by atoms with Gasteiger partial charge in [0.1, 0.15) is 5.82 Å². The van der Waals surface area contributed by atoms with Crippen molar-refractivity contribution < 1.29 is 0 Å². The minimum Gasteiger partial charge on any atom is -0.268 e. The number of rotatable bonds is 2. The number of fused-ring (bicyclic) bond motifs is 1. The molecule has 0 bridgehead atoms. The summed E-state index contributed by atoms with van der Waals surface area (Å²) in [5.41, 5.74) is 3.35. The van der Waals surface area contributed by atoms with Crippen LogP contribution in [0.25, 0.3) is 28.0 Å². The molecular weight excluding hydrogens is 298 g/mol. The van der Waals surface area contributed by atoms with Gasteiger partial charge in [-0.15, -0.1) is 0 Å². The van der Waals surface area contributed by atoms with Gasteiger partial charge in [-0.25, -0.2) is 4.98 Å². The Morgan fingerprint density at radius 1 is 0.917 bits per heavy atom. The fourth-order valence-electron chi connectivity index (χ4n) is 2.75. The van der Waals surface area contributed by atoms with E-state index in [9.17, 15) is 4.79 Å². The smallest absolute Gasteiger partial charge is 0.266 e. The van der Waals surface area contributed by atoms with E-state index in [1.165, 1.54) is 0 Å². The van der Waals surface area contributed by atoms with Crippen LogP contribution in [-0.4, -0.2) is 14.5 Å². The van der Waals surface area contributed by atoms with Crippen LogP contribution < -0.4 is 5.56 Å². The van der Waals surface area contributed by atoms with Crippen LogP contribution >= 0.6 is 0 Å². The van der Waals surface area contributed by atoms with Gasteiger partial charge in [0, 0.05) is 18.0 Å². The van der Waals surface area contributed by atoms with Gasteiger partial charge in [-0.1, -0.05) is 29.8 Å². The highest BCUT2D eigenvalue weighted by Gasteiger charge is 2.14. The van der Waals surface area contributed by atoms with Crippen LogP contribution in [0.1, 0.15) is 5.56 Å². The highest BCUT2D eigenvalue weighted by atomic mass is 16.1. The van der Waals surface area contributed by atoms with Crippen molar-refractivity contribution in [1.82, 2.24) is 14.5 Å². The molecule has 0 fully saturated rings. The number of aromatic nitrogens is 3. The van der Waals surface area contributed by atoms with Crippen LogP contribution in [0.2, 0.25) is 0 Å². The molecule has 2 aromatic heterocycles. The molecule has 0 saturated heterocycles. The summed E-state index contributed by atoms with van der Waals surface area (Å²) in [6.45, 7) is 2.02. The molecule has 0 atom stereocenters. The minimum atomic E-state index is -0.0803. The maximum atomic E-state index is 13.1. The van der Waals surface area contributed by atoms with Crippen LogP contribution in [-0.2, 0) is 0 Å². The maximum Gasteiger partial charge on any atom is 0.266 e. The average Bonchev–Trinajstić information content (AvgIpc) is 2.63. The molecule has 0 saturated carbocycles. The van der Waals surface area contributed by atoms with Crippen molar-refractivity contribution in [2.75, 3.05) is 0 Å². The molecular formula is C20H15N3O. The summed E-state index contributed by atoms with van der Waals surface area (Å²) in [7, 11) is 0. The zero-order valence-corrected chi connectivity index (χ0v) is 13.2. The van der Waals surface area contributed by atoms with Crippen molar-refractivity contribution in [3.63, 3.8) is 0 Å². The van der Waals surface area contributed by atoms with Crippen molar-refractivity contribution in [3.05, 3.63) is 89.0 Å². The predicted octanol–water partition coefficient (Wildman–Crippen LogP) is 3.76. The molecule has 0 N–H and O–H groups in total. The van der Waals surface area contributed by atoms with Crippen molar-refractivity contribution in [2.45, 2.75) is 6.92 Å². The highest BCUT2D eigenvalue weighted by Crippen LogP contribution is 2.21. The number of benzene rings is 2. The summed E-state index contributed by atoms with van der Waals surface area (Å²) >= 11 is 0. The third-order valence-electron chi connectivity index (χ3n) is 3.99. The van der Waals surface area contributed by atoms with Crippen LogP contribution in [0.15, 0.2) is 77.9 Å². The van der Waals surface area contributed by atoms with E-state index in [0.717, 1.165) is 16.8 Å². The van der Waals surface area contributed by atoms with Crippen LogP contribution in [0.5, 0.6) is 0 Å². The number of aryl methyl sites for hydroxylation is 1. The fourth-order valence-corrected chi connectivity index (χ4v) is 2.75. The van der Waals surface area contributed by atoms with Gasteiger partial charge in [0.05, 0.1) is 16.6 Å². The Morgan fingerprint density at radius 3 is 2.46 bits per heavy atom. The summed E-state index contributed by atoms with van der Waals surface area (Å²) in [4.78, 5) is 22.0.